The molecule has 1 atom stereocenters. The maximum absolute atomic E-state index is 5.54. The van der Waals surface area contributed by atoms with Crippen LogP contribution in [-0.2, 0) is 0 Å². The van der Waals surface area contributed by atoms with Gasteiger partial charge < -0.3 is 14.8 Å². The van der Waals surface area contributed by atoms with Crippen molar-refractivity contribution in [1.29, 1.82) is 0 Å². The van der Waals surface area contributed by atoms with E-state index in [1.54, 1.807) is 14.2 Å². The first-order valence-corrected chi connectivity index (χ1v) is 8.32. The zero-order valence-corrected chi connectivity index (χ0v) is 15.9. The standard InChI is InChI=1S/C16H17BrINO2/c1-19-16(10-6-4-5-7-13(10)18)11-8-15(21-3)12(17)9-14(11)20-2/h4-9,16,19H,1-3H3. The molecule has 21 heavy (non-hydrogen) atoms. The average molecular weight is 462 g/mol. The molecule has 0 aliphatic rings. The lowest BCUT2D eigenvalue weighted by atomic mass is 9.97. The van der Waals surface area contributed by atoms with Gasteiger partial charge in [0.25, 0.3) is 0 Å². The monoisotopic (exact) mass is 461 g/mol. The molecule has 0 bridgehead atoms. The van der Waals surface area contributed by atoms with Crippen LogP contribution in [0.4, 0.5) is 0 Å². The topological polar surface area (TPSA) is 30.5 Å². The Morgan fingerprint density at radius 3 is 2.29 bits per heavy atom. The van der Waals surface area contributed by atoms with E-state index >= 15 is 0 Å². The molecule has 5 heteroatoms. The van der Waals surface area contributed by atoms with Crippen molar-refractivity contribution in [3.05, 3.63) is 55.6 Å². The number of benzene rings is 2. The van der Waals surface area contributed by atoms with E-state index in [-0.39, 0.29) is 6.04 Å². The number of hydrogen-bond acceptors (Lipinski definition) is 3. The molecule has 2 aromatic carbocycles. The maximum Gasteiger partial charge on any atom is 0.133 e. The third kappa shape index (κ3) is 3.52. The predicted molar refractivity (Wildman–Crippen MR) is 97.3 cm³/mol. The van der Waals surface area contributed by atoms with Crippen LogP contribution in [0, 0.1) is 3.57 Å². The Morgan fingerprint density at radius 1 is 1.05 bits per heavy atom. The van der Waals surface area contributed by atoms with Gasteiger partial charge in [0.1, 0.15) is 11.5 Å². The van der Waals surface area contributed by atoms with Crippen LogP contribution in [-0.4, -0.2) is 21.3 Å². The molecule has 0 radical (unpaired) electrons. The number of halogens is 2. The van der Waals surface area contributed by atoms with Crippen LogP contribution in [0.2, 0.25) is 0 Å². The van der Waals surface area contributed by atoms with Gasteiger partial charge in [-0.05, 0) is 69.3 Å². The third-order valence-electron chi connectivity index (χ3n) is 3.32. The van der Waals surface area contributed by atoms with Crippen LogP contribution in [0.25, 0.3) is 0 Å². The summed E-state index contributed by atoms with van der Waals surface area (Å²) in [5.74, 6) is 1.61. The third-order valence-corrected chi connectivity index (χ3v) is 4.92. The van der Waals surface area contributed by atoms with Crippen molar-refractivity contribution in [2.75, 3.05) is 21.3 Å². The molecule has 0 aromatic heterocycles. The summed E-state index contributed by atoms with van der Waals surface area (Å²) in [4.78, 5) is 0. The fourth-order valence-corrected chi connectivity index (χ4v) is 3.48. The van der Waals surface area contributed by atoms with E-state index in [4.69, 9.17) is 9.47 Å². The molecule has 3 nitrogen and oxygen atoms in total. The van der Waals surface area contributed by atoms with Gasteiger partial charge in [-0.3, -0.25) is 0 Å². The highest BCUT2D eigenvalue weighted by atomic mass is 127. The molecule has 1 N–H and O–H groups in total. The molecular formula is C16H17BrINO2. The molecule has 0 aliphatic heterocycles. The van der Waals surface area contributed by atoms with Crippen molar-refractivity contribution in [2.24, 2.45) is 0 Å². The molecule has 0 spiro atoms. The second-order valence-corrected chi connectivity index (χ2v) is 6.49. The predicted octanol–water partition coefficient (Wildman–Crippen LogP) is 4.38. The first kappa shape index (κ1) is 16.6. The maximum atomic E-state index is 5.54. The van der Waals surface area contributed by atoms with Crippen molar-refractivity contribution in [1.82, 2.24) is 5.32 Å². The van der Waals surface area contributed by atoms with Gasteiger partial charge in [-0.2, -0.15) is 0 Å². The Balaban J connectivity index is 2.59. The molecule has 0 saturated carbocycles. The summed E-state index contributed by atoms with van der Waals surface area (Å²) in [6, 6.07) is 12.3. The molecule has 2 rings (SSSR count). The van der Waals surface area contributed by atoms with E-state index in [1.165, 1.54) is 9.13 Å². The summed E-state index contributed by atoms with van der Waals surface area (Å²) in [6.07, 6.45) is 0. The van der Waals surface area contributed by atoms with Crippen LogP contribution in [0.1, 0.15) is 17.2 Å². The summed E-state index contributed by atoms with van der Waals surface area (Å²) in [6.45, 7) is 0. The largest absolute Gasteiger partial charge is 0.496 e. The van der Waals surface area contributed by atoms with Crippen molar-refractivity contribution in [3.8, 4) is 11.5 Å². The van der Waals surface area contributed by atoms with E-state index in [1.807, 2.05) is 31.3 Å². The number of ether oxygens (including phenoxy) is 2. The van der Waals surface area contributed by atoms with Gasteiger partial charge in [0.2, 0.25) is 0 Å². The van der Waals surface area contributed by atoms with E-state index < -0.39 is 0 Å². The molecule has 2 aromatic rings. The first-order valence-electron chi connectivity index (χ1n) is 6.45. The molecule has 0 aliphatic carbocycles. The quantitative estimate of drug-likeness (QED) is 0.670. The molecule has 0 amide bonds. The Hall–Kier alpha value is -0.790. The van der Waals surface area contributed by atoms with Crippen LogP contribution < -0.4 is 14.8 Å². The second-order valence-electron chi connectivity index (χ2n) is 4.47. The number of hydrogen-bond donors (Lipinski definition) is 1. The first-order chi connectivity index (χ1) is 10.1. The lowest BCUT2D eigenvalue weighted by Gasteiger charge is -2.22. The summed E-state index contributed by atoms with van der Waals surface area (Å²) >= 11 is 5.85. The lowest BCUT2D eigenvalue weighted by Crippen LogP contribution is -2.19. The van der Waals surface area contributed by atoms with Crippen molar-refractivity contribution >= 4 is 38.5 Å². The van der Waals surface area contributed by atoms with Gasteiger partial charge in [-0.25, -0.2) is 0 Å². The van der Waals surface area contributed by atoms with Crippen molar-refractivity contribution < 1.29 is 9.47 Å². The highest BCUT2D eigenvalue weighted by Crippen LogP contribution is 2.38. The SMILES string of the molecule is CNC(c1ccccc1I)c1cc(OC)c(Br)cc1OC. The Morgan fingerprint density at radius 2 is 1.71 bits per heavy atom. The molecule has 112 valence electrons. The van der Waals surface area contributed by atoms with Crippen molar-refractivity contribution in [3.63, 3.8) is 0 Å². The van der Waals surface area contributed by atoms with Crippen LogP contribution >= 0.6 is 38.5 Å². The zero-order chi connectivity index (χ0) is 15.4. The average Bonchev–Trinajstić information content (AvgIpc) is 2.50. The van der Waals surface area contributed by atoms with Crippen LogP contribution in [0.5, 0.6) is 11.5 Å². The Labute approximate surface area is 147 Å². The highest BCUT2D eigenvalue weighted by Gasteiger charge is 2.20. The zero-order valence-electron chi connectivity index (χ0n) is 12.1. The summed E-state index contributed by atoms with van der Waals surface area (Å²) in [7, 11) is 5.29. The summed E-state index contributed by atoms with van der Waals surface area (Å²) in [5, 5.41) is 3.37. The Bertz CT molecular complexity index is 634. The van der Waals surface area contributed by atoms with Gasteiger partial charge in [0, 0.05) is 9.13 Å². The minimum atomic E-state index is 0.0371. The smallest absolute Gasteiger partial charge is 0.133 e. The Kier molecular flexibility index (Phi) is 5.89. The van der Waals surface area contributed by atoms with Gasteiger partial charge in [-0.15, -0.1) is 0 Å². The van der Waals surface area contributed by atoms with Gasteiger partial charge in [-0.1, -0.05) is 18.2 Å². The normalized spacial score (nSPS) is 12.0. The fraction of sp³-hybridized carbons (Fsp3) is 0.250. The molecule has 1 unspecified atom stereocenters. The summed E-state index contributed by atoms with van der Waals surface area (Å²) < 4.78 is 13.0. The number of methoxy groups -OCH3 is 2. The summed E-state index contributed by atoms with van der Waals surface area (Å²) in [5.41, 5.74) is 2.26. The van der Waals surface area contributed by atoms with Gasteiger partial charge in [0.15, 0.2) is 0 Å². The van der Waals surface area contributed by atoms with Crippen LogP contribution in [0.15, 0.2) is 40.9 Å². The lowest BCUT2D eigenvalue weighted by molar-refractivity contribution is 0.393. The minimum Gasteiger partial charge on any atom is -0.496 e. The van der Waals surface area contributed by atoms with E-state index in [9.17, 15) is 0 Å². The molecule has 0 fully saturated rings. The molecular weight excluding hydrogens is 445 g/mol. The highest BCUT2D eigenvalue weighted by molar-refractivity contribution is 14.1. The molecule has 0 saturated heterocycles. The van der Waals surface area contributed by atoms with Gasteiger partial charge >= 0.3 is 0 Å². The second kappa shape index (κ2) is 7.47. The molecule has 0 heterocycles. The van der Waals surface area contributed by atoms with Gasteiger partial charge in [0.05, 0.1) is 24.7 Å². The van der Waals surface area contributed by atoms with E-state index in [2.05, 4.69) is 56.0 Å². The minimum absolute atomic E-state index is 0.0371. The van der Waals surface area contributed by atoms with Crippen molar-refractivity contribution in [2.45, 2.75) is 6.04 Å². The fourth-order valence-electron chi connectivity index (χ4n) is 2.30. The van der Waals surface area contributed by atoms with E-state index in [0.29, 0.717) is 0 Å². The number of nitrogens with one attached hydrogen (secondary N) is 1. The van der Waals surface area contributed by atoms with Crippen LogP contribution in [0.3, 0.4) is 0 Å². The number of rotatable bonds is 5. The van der Waals surface area contributed by atoms with E-state index in [0.717, 1.165) is 21.5 Å².